The van der Waals surface area contributed by atoms with Crippen LogP contribution >= 0.6 is 0 Å². The van der Waals surface area contributed by atoms with Crippen molar-refractivity contribution in [3.8, 4) is 0 Å². The molecule has 1 N–H and O–H groups in total. The molecule has 0 fully saturated rings. The molecule has 1 aromatic rings. The molecular formula is C12H16FNO2. The van der Waals surface area contributed by atoms with Crippen molar-refractivity contribution in [1.29, 1.82) is 0 Å². The summed E-state index contributed by atoms with van der Waals surface area (Å²) >= 11 is 0. The molecule has 0 saturated heterocycles. The Bertz CT molecular complexity index is 366. The van der Waals surface area contributed by atoms with Crippen molar-refractivity contribution in [1.82, 2.24) is 5.32 Å². The Labute approximate surface area is 94.6 Å². The van der Waals surface area contributed by atoms with E-state index in [1.807, 2.05) is 6.92 Å². The van der Waals surface area contributed by atoms with E-state index < -0.39 is 0 Å². The highest BCUT2D eigenvalue weighted by atomic mass is 19.1. The van der Waals surface area contributed by atoms with Gasteiger partial charge in [-0.25, -0.2) is 4.39 Å². The lowest BCUT2D eigenvalue weighted by atomic mass is 10.1. The first-order valence-corrected chi connectivity index (χ1v) is 5.25. The van der Waals surface area contributed by atoms with Crippen LogP contribution in [0.1, 0.15) is 18.1 Å². The van der Waals surface area contributed by atoms with Crippen molar-refractivity contribution in [2.24, 2.45) is 0 Å². The first-order valence-electron chi connectivity index (χ1n) is 5.25. The molecule has 0 heterocycles. The number of rotatable bonds is 5. The molecule has 0 aliphatic rings. The number of nitrogens with one attached hydrogen (secondary N) is 1. The highest BCUT2D eigenvalue weighted by molar-refractivity contribution is 5.71. The number of carbonyl (C=O) groups excluding carboxylic acids is 1. The number of hydrogen-bond donors (Lipinski definition) is 1. The SMILES string of the molecule is CCOC(=O)CNCc1ccc(F)cc1C. The molecule has 0 aliphatic heterocycles. The summed E-state index contributed by atoms with van der Waals surface area (Å²) in [5.74, 6) is -0.520. The predicted octanol–water partition coefficient (Wildman–Crippen LogP) is 1.79. The van der Waals surface area contributed by atoms with Crippen LogP contribution in [0.4, 0.5) is 4.39 Å². The van der Waals surface area contributed by atoms with Crippen LogP contribution in [-0.4, -0.2) is 19.1 Å². The van der Waals surface area contributed by atoms with Crippen LogP contribution in [0.25, 0.3) is 0 Å². The molecule has 16 heavy (non-hydrogen) atoms. The predicted molar refractivity (Wildman–Crippen MR) is 59.5 cm³/mol. The molecule has 1 rings (SSSR count). The molecule has 0 amide bonds. The Morgan fingerprint density at radius 3 is 2.88 bits per heavy atom. The minimum absolute atomic E-state index is 0.171. The van der Waals surface area contributed by atoms with Crippen molar-refractivity contribution in [2.75, 3.05) is 13.2 Å². The van der Waals surface area contributed by atoms with Crippen molar-refractivity contribution < 1.29 is 13.9 Å². The fourth-order valence-corrected chi connectivity index (χ4v) is 1.37. The Morgan fingerprint density at radius 1 is 1.50 bits per heavy atom. The minimum Gasteiger partial charge on any atom is -0.465 e. The highest BCUT2D eigenvalue weighted by Crippen LogP contribution is 2.09. The van der Waals surface area contributed by atoms with Gasteiger partial charge in [0.1, 0.15) is 5.82 Å². The van der Waals surface area contributed by atoms with Crippen molar-refractivity contribution in [3.05, 3.63) is 35.1 Å². The lowest BCUT2D eigenvalue weighted by molar-refractivity contribution is -0.142. The van der Waals surface area contributed by atoms with Gasteiger partial charge in [0.15, 0.2) is 0 Å². The number of benzene rings is 1. The van der Waals surface area contributed by atoms with E-state index >= 15 is 0 Å². The maximum Gasteiger partial charge on any atom is 0.319 e. The summed E-state index contributed by atoms with van der Waals surface area (Å²) in [6, 6.07) is 4.60. The van der Waals surface area contributed by atoms with Gasteiger partial charge in [0, 0.05) is 6.54 Å². The van der Waals surface area contributed by atoms with Crippen LogP contribution < -0.4 is 5.32 Å². The topological polar surface area (TPSA) is 38.3 Å². The fraction of sp³-hybridized carbons (Fsp3) is 0.417. The molecular weight excluding hydrogens is 209 g/mol. The second-order valence-electron chi connectivity index (χ2n) is 3.48. The van der Waals surface area contributed by atoms with Gasteiger partial charge < -0.3 is 10.1 Å². The lowest BCUT2D eigenvalue weighted by Crippen LogP contribution is -2.24. The molecule has 0 unspecified atom stereocenters. The van der Waals surface area contributed by atoms with Gasteiger partial charge in [-0.3, -0.25) is 4.79 Å². The van der Waals surface area contributed by atoms with E-state index in [1.54, 1.807) is 13.0 Å². The monoisotopic (exact) mass is 225 g/mol. The smallest absolute Gasteiger partial charge is 0.319 e. The van der Waals surface area contributed by atoms with Crippen molar-refractivity contribution in [3.63, 3.8) is 0 Å². The Balaban J connectivity index is 2.40. The van der Waals surface area contributed by atoms with Gasteiger partial charge in [-0.05, 0) is 37.1 Å². The van der Waals surface area contributed by atoms with E-state index in [4.69, 9.17) is 4.74 Å². The summed E-state index contributed by atoms with van der Waals surface area (Å²) in [6.45, 7) is 4.69. The van der Waals surface area contributed by atoms with Crippen LogP contribution in [0.15, 0.2) is 18.2 Å². The summed E-state index contributed by atoms with van der Waals surface area (Å²) in [4.78, 5) is 11.0. The molecule has 0 bridgehead atoms. The standard InChI is InChI=1S/C12H16FNO2/c1-3-16-12(15)8-14-7-10-4-5-11(13)6-9(10)2/h4-6,14H,3,7-8H2,1-2H3. The number of esters is 1. The van der Waals surface area contributed by atoms with E-state index in [9.17, 15) is 9.18 Å². The molecule has 0 atom stereocenters. The zero-order valence-corrected chi connectivity index (χ0v) is 9.55. The number of carbonyl (C=O) groups is 1. The highest BCUT2D eigenvalue weighted by Gasteiger charge is 2.03. The minimum atomic E-state index is -0.276. The van der Waals surface area contributed by atoms with Gasteiger partial charge in [0.2, 0.25) is 0 Å². The number of ether oxygens (including phenoxy) is 1. The number of halogens is 1. The lowest BCUT2D eigenvalue weighted by Gasteiger charge is -2.07. The molecule has 0 radical (unpaired) electrons. The maximum atomic E-state index is 12.8. The summed E-state index contributed by atoms with van der Waals surface area (Å²) in [5, 5.41) is 2.95. The normalized spacial score (nSPS) is 10.2. The van der Waals surface area contributed by atoms with Crippen LogP contribution in [0.3, 0.4) is 0 Å². The Morgan fingerprint density at radius 2 is 2.25 bits per heavy atom. The van der Waals surface area contributed by atoms with Gasteiger partial charge in [-0.1, -0.05) is 6.07 Å². The van der Waals surface area contributed by atoms with Gasteiger partial charge in [0.25, 0.3) is 0 Å². The summed E-state index contributed by atoms with van der Waals surface area (Å²) in [5.41, 5.74) is 1.85. The first-order chi connectivity index (χ1) is 7.63. The van der Waals surface area contributed by atoms with Crippen molar-refractivity contribution in [2.45, 2.75) is 20.4 Å². The van der Waals surface area contributed by atoms with Gasteiger partial charge in [-0.2, -0.15) is 0 Å². The van der Waals surface area contributed by atoms with Crippen LogP contribution in [0.5, 0.6) is 0 Å². The molecule has 0 aliphatic carbocycles. The van der Waals surface area contributed by atoms with Crippen LogP contribution in [0.2, 0.25) is 0 Å². The van der Waals surface area contributed by atoms with E-state index in [0.717, 1.165) is 11.1 Å². The largest absolute Gasteiger partial charge is 0.465 e. The molecule has 1 aromatic carbocycles. The van der Waals surface area contributed by atoms with E-state index in [1.165, 1.54) is 12.1 Å². The molecule has 88 valence electrons. The Hall–Kier alpha value is -1.42. The molecule has 0 spiro atoms. The van der Waals surface area contributed by atoms with Crippen molar-refractivity contribution >= 4 is 5.97 Å². The summed E-state index contributed by atoms with van der Waals surface area (Å²) in [6.07, 6.45) is 0. The van der Waals surface area contributed by atoms with Gasteiger partial charge in [-0.15, -0.1) is 0 Å². The quantitative estimate of drug-likeness (QED) is 0.776. The zero-order valence-electron chi connectivity index (χ0n) is 9.55. The second kappa shape index (κ2) is 6.23. The van der Waals surface area contributed by atoms with Gasteiger partial charge in [0.05, 0.1) is 13.2 Å². The molecule has 0 saturated carbocycles. The third kappa shape index (κ3) is 3.98. The molecule has 3 nitrogen and oxygen atoms in total. The molecule has 0 aromatic heterocycles. The second-order valence-corrected chi connectivity index (χ2v) is 3.48. The van der Waals surface area contributed by atoms with E-state index in [-0.39, 0.29) is 18.3 Å². The van der Waals surface area contributed by atoms with Gasteiger partial charge >= 0.3 is 5.97 Å². The Kier molecular flexibility index (Phi) is 4.92. The number of hydrogen-bond acceptors (Lipinski definition) is 3. The third-order valence-corrected chi connectivity index (χ3v) is 2.19. The van der Waals surface area contributed by atoms with Crippen LogP contribution in [0, 0.1) is 12.7 Å². The maximum absolute atomic E-state index is 12.8. The van der Waals surface area contributed by atoms with E-state index in [0.29, 0.717) is 13.2 Å². The van der Waals surface area contributed by atoms with Crippen LogP contribution in [-0.2, 0) is 16.1 Å². The average Bonchev–Trinajstić information content (AvgIpc) is 2.22. The number of aryl methyl sites for hydroxylation is 1. The third-order valence-electron chi connectivity index (χ3n) is 2.19. The zero-order chi connectivity index (χ0) is 12.0. The fourth-order valence-electron chi connectivity index (χ4n) is 1.37. The summed E-state index contributed by atoms with van der Waals surface area (Å²) in [7, 11) is 0. The average molecular weight is 225 g/mol. The summed E-state index contributed by atoms with van der Waals surface area (Å²) < 4.78 is 17.6. The first kappa shape index (κ1) is 12.6. The molecule has 4 heteroatoms. The van der Waals surface area contributed by atoms with E-state index in [2.05, 4.69) is 5.32 Å².